The standard InChI is InChI=1S/C12H23N3O4/c1-8(2)7-9(11(17)18)14-12(19)15(4)6-5-10(16)13-3/h8-9H,5-7H2,1-4H3,(H,13,16)(H,14,19)(H,17,18). The Balaban J connectivity index is 4.31. The van der Waals surface area contributed by atoms with Crippen LogP contribution < -0.4 is 10.6 Å². The largest absolute Gasteiger partial charge is 0.480 e. The van der Waals surface area contributed by atoms with E-state index in [4.69, 9.17) is 5.11 Å². The normalized spacial score (nSPS) is 11.8. The predicted octanol–water partition coefficient (Wildman–Crippen LogP) is 0.263. The summed E-state index contributed by atoms with van der Waals surface area (Å²) >= 11 is 0. The maximum absolute atomic E-state index is 11.8. The Morgan fingerprint density at radius 3 is 2.26 bits per heavy atom. The van der Waals surface area contributed by atoms with E-state index in [1.807, 2.05) is 13.8 Å². The number of aliphatic carboxylic acids is 1. The molecule has 0 aliphatic carbocycles. The summed E-state index contributed by atoms with van der Waals surface area (Å²) in [5, 5.41) is 13.9. The van der Waals surface area contributed by atoms with Gasteiger partial charge in [-0.3, -0.25) is 4.79 Å². The molecule has 7 heteroatoms. The molecule has 0 saturated carbocycles. The number of carbonyl (C=O) groups excluding carboxylic acids is 2. The Labute approximate surface area is 113 Å². The molecule has 0 aliphatic heterocycles. The molecule has 0 fully saturated rings. The molecule has 0 aromatic rings. The molecule has 3 N–H and O–H groups in total. The van der Waals surface area contributed by atoms with Gasteiger partial charge in [0, 0.05) is 27.1 Å². The smallest absolute Gasteiger partial charge is 0.326 e. The predicted molar refractivity (Wildman–Crippen MR) is 70.7 cm³/mol. The third-order valence-corrected chi connectivity index (χ3v) is 2.60. The first-order valence-corrected chi connectivity index (χ1v) is 6.23. The van der Waals surface area contributed by atoms with E-state index >= 15 is 0 Å². The van der Waals surface area contributed by atoms with Crippen LogP contribution in [-0.4, -0.2) is 54.6 Å². The highest BCUT2D eigenvalue weighted by molar-refractivity contribution is 5.83. The average molecular weight is 273 g/mol. The maximum Gasteiger partial charge on any atom is 0.326 e. The Morgan fingerprint density at radius 1 is 1.26 bits per heavy atom. The van der Waals surface area contributed by atoms with Crippen LogP contribution in [-0.2, 0) is 9.59 Å². The summed E-state index contributed by atoms with van der Waals surface area (Å²) in [5.74, 6) is -1.06. The van der Waals surface area contributed by atoms with Crippen molar-refractivity contribution in [2.45, 2.75) is 32.7 Å². The first kappa shape index (κ1) is 17.2. The van der Waals surface area contributed by atoms with Crippen LogP contribution in [0, 0.1) is 5.92 Å². The van der Waals surface area contributed by atoms with Gasteiger partial charge in [-0.15, -0.1) is 0 Å². The van der Waals surface area contributed by atoms with Crippen molar-refractivity contribution in [3.05, 3.63) is 0 Å². The lowest BCUT2D eigenvalue weighted by atomic mass is 10.0. The minimum absolute atomic E-state index is 0.164. The van der Waals surface area contributed by atoms with Crippen molar-refractivity contribution >= 4 is 17.9 Å². The first-order valence-electron chi connectivity index (χ1n) is 6.23. The van der Waals surface area contributed by atoms with Gasteiger partial charge >= 0.3 is 12.0 Å². The molecule has 110 valence electrons. The number of hydrogen-bond acceptors (Lipinski definition) is 3. The van der Waals surface area contributed by atoms with Crippen molar-refractivity contribution in [3.8, 4) is 0 Å². The van der Waals surface area contributed by atoms with Crippen LogP contribution in [0.5, 0.6) is 0 Å². The quantitative estimate of drug-likeness (QED) is 0.619. The molecule has 0 aromatic carbocycles. The van der Waals surface area contributed by atoms with Crippen molar-refractivity contribution < 1.29 is 19.5 Å². The number of urea groups is 1. The highest BCUT2D eigenvalue weighted by Gasteiger charge is 2.22. The second kappa shape index (κ2) is 8.34. The molecule has 0 spiro atoms. The highest BCUT2D eigenvalue weighted by atomic mass is 16.4. The third-order valence-electron chi connectivity index (χ3n) is 2.60. The minimum atomic E-state index is -1.05. The zero-order valence-corrected chi connectivity index (χ0v) is 11.9. The molecule has 1 unspecified atom stereocenters. The van der Waals surface area contributed by atoms with Crippen molar-refractivity contribution in [2.75, 3.05) is 20.6 Å². The van der Waals surface area contributed by atoms with Gasteiger partial charge in [0.1, 0.15) is 6.04 Å². The monoisotopic (exact) mass is 273 g/mol. The highest BCUT2D eigenvalue weighted by Crippen LogP contribution is 2.05. The number of hydrogen-bond donors (Lipinski definition) is 3. The molecular formula is C12H23N3O4. The lowest BCUT2D eigenvalue weighted by Gasteiger charge is -2.22. The molecule has 0 heterocycles. The molecule has 7 nitrogen and oxygen atoms in total. The minimum Gasteiger partial charge on any atom is -0.480 e. The van der Waals surface area contributed by atoms with Crippen LogP contribution in [0.4, 0.5) is 4.79 Å². The fourth-order valence-electron chi connectivity index (χ4n) is 1.45. The summed E-state index contributed by atoms with van der Waals surface area (Å²) < 4.78 is 0. The zero-order chi connectivity index (χ0) is 15.0. The SMILES string of the molecule is CNC(=O)CCN(C)C(=O)NC(CC(C)C)C(=O)O. The number of carboxylic acids is 1. The van der Waals surface area contributed by atoms with Gasteiger partial charge < -0.3 is 20.6 Å². The van der Waals surface area contributed by atoms with E-state index in [2.05, 4.69) is 10.6 Å². The van der Waals surface area contributed by atoms with Crippen molar-refractivity contribution in [1.82, 2.24) is 15.5 Å². The number of amides is 3. The van der Waals surface area contributed by atoms with Crippen molar-refractivity contribution in [2.24, 2.45) is 5.92 Å². The van der Waals surface area contributed by atoms with Gasteiger partial charge in [-0.2, -0.15) is 0 Å². The van der Waals surface area contributed by atoms with Gasteiger partial charge in [0.15, 0.2) is 0 Å². The first-order chi connectivity index (χ1) is 8.77. The topological polar surface area (TPSA) is 98.7 Å². The lowest BCUT2D eigenvalue weighted by Crippen LogP contribution is -2.47. The van der Waals surface area contributed by atoms with E-state index in [1.165, 1.54) is 19.0 Å². The van der Waals surface area contributed by atoms with Crippen molar-refractivity contribution in [3.63, 3.8) is 0 Å². The van der Waals surface area contributed by atoms with Gasteiger partial charge in [-0.25, -0.2) is 9.59 Å². The van der Waals surface area contributed by atoms with Crippen LogP contribution in [0.1, 0.15) is 26.7 Å². The summed E-state index contributed by atoms with van der Waals surface area (Å²) in [6.45, 7) is 4.01. The van der Waals surface area contributed by atoms with E-state index in [9.17, 15) is 14.4 Å². The van der Waals surface area contributed by atoms with Crippen molar-refractivity contribution in [1.29, 1.82) is 0 Å². The number of nitrogens with one attached hydrogen (secondary N) is 2. The molecule has 19 heavy (non-hydrogen) atoms. The van der Waals surface area contributed by atoms with Crippen LogP contribution in [0.15, 0.2) is 0 Å². The lowest BCUT2D eigenvalue weighted by molar-refractivity contribution is -0.139. The van der Waals surface area contributed by atoms with Gasteiger partial charge in [-0.05, 0) is 12.3 Å². The van der Waals surface area contributed by atoms with Gasteiger partial charge in [0.25, 0.3) is 0 Å². The molecular weight excluding hydrogens is 250 g/mol. The Bertz CT molecular complexity index is 331. The van der Waals surface area contributed by atoms with E-state index in [1.54, 1.807) is 0 Å². The fourth-order valence-corrected chi connectivity index (χ4v) is 1.45. The number of nitrogens with zero attached hydrogens (tertiary/aromatic N) is 1. The Hall–Kier alpha value is -1.79. The van der Waals surface area contributed by atoms with Gasteiger partial charge in [-0.1, -0.05) is 13.8 Å². The number of carboxylic acid groups (broad SMARTS) is 1. The Morgan fingerprint density at radius 2 is 1.84 bits per heavy atom. The second-order valence-electron chi connectivity index (χ2n) is 4.81. The van der Waals surface area contributed by atoms with E-state index in [-0.39, 0.29) is 24.8 Å². The molecule has 3 amide bonds. The molecule has 0 bridgehead atoms. The van der Waals surface area contributed by atoms with Crippen LogP contribution >= 0.6 is 0 Å². The molecule has 0 aliphatic rings. The average Bonchev–Trinajstić information content (AvgIpc) is 2.33. The molecule has 0 saturated heterocycles. The summed E-state index contributed by atoms with van der Waals surface area (Å²) in [7, 11) is 3.04. The second-order valence-corrected chi connectivity index (χ2v) is 4.81. The number of rotatable bonds is 7. The zero-order valence-electron chi connectivity index (χ0n) is 11.9. The maximum atomic E-state index is 11.8. The summed E-state index contributed by atoms with van der Waals surface area (Å²) in [4.78, 5) is 35.1. The van der Waals surface area contributed by atoms with Crippen LogP contribution in [0.2, 0.25) is 0 Å². The van der Waals surface area contributed by atoms with Crippen LogP contribution in [0.3, 0.4) is 0 Å². The van der Waals surface area contributed by atoms with Crippen LogP contribution in [0.25, 0.3) is 0 Å². The van der Waals surface area contributed by atoms with Gasteiger partial charge in [0.05, 0.1) is 0 Å². The van der Waals surface area contributed by atoms with E-state index in [0.717, 1.165) is 0 Å². The third kappa shape index (κ3) is 7.28. The fraction of sp³-hybridized carbons (Fsp3) is 0.750. The molecule has 0 rings (SSSR count). The summed E-state index contributed by atoms with van der Waals surface area (Å²) in [5.41, 5.74) is 0. The molecule has 1 atom stereocenters. The van der Waals surface area contributed by atoms with E-state index in [0.29, 0.717) is 6.42 Å². The van der Waals surface area contributed by atoms with E-state index < -0.39 is 18.0 Å². The number of carbonyl (C=O) groups is 3. The molecule has 0 radical (unpaired) electrons. The molecule has 0 aromatic heterocycles. The Kier molecular flexibility index (Phi) is 7.55. The van der Waals surface area contributed by atoms with Gasteiger partial charge in [0.2, 0.25) is 5.91 Å². The summed E-state index contributed by atoms with van der Waals surface area (Å²) in [6.07, 6.45) is 0.548. The summed E-state index contributed by atoms with van der Waals surface area (Å²) in [6, 6.07) is -1.40.